The number of amides is 2. The average molecular weight is 655 g/mol. The van der Waals surface area contributed by atoms with Gasteiger partial charge in [-0.1, -0.05) is 51.8 Å². The SMILES string of the molecule is Cc1ccc(S(=O)(=O)N(CC(=O)N(Cc2cccc(Br)c2)[C@@H](C)C(=O)NC(C)C)c2cccc(C(F)(F)F)c2)cc1. The summed E-state index contributed by atoms with van der Waals surface area (Å²) in [6.45, 7) is 5.89. The number of carbonyl (C=O) groups excluding carboxylic acids is 2. The number of nitrogens with one attached hydrogen (secondary N) is 1. The predicted molar refractivity (Wildman–Crippen MR) is 155 cm³/mol. The van der Waals surface area contributed by atoms with E-state index in [4.69, 9.17) is 0 Å². The summed E-state index contributed by atoms with van der Waals surface area (Å²) in [4.78, 5) is 27.8. The van der Waals surface area contributed by atoms with E-state index < -0.39 is 46.2 Å². The van der Waals surface area contributed by atoms with Crippen LogP contribution in [0.25, 0.3) is 0 Å². The molecule has 7 nitrogen and oxygen atoms in total. The fourth-order valence-electron chi connectivity index (χ4n) is 4.02. The molecule has 0 bridgehead atoms. The monoisotopic (exact) mass is 653 g/mol. The Hall–Kier alpha value is -3.38. The molecular formula is C29H31BrF3N3O4S. The van der Waals surface area contributed by atoms with Crippen molar-refractivity contribution in [3.63, 3.8) is 0 Å². The standard InChI is InChI=1S/C29H31BrF3N3O4S/c1-19(2)34-28(38)21(4)35(17-22-7-5-9-24(30)15-22)27(37)18-36(25-10-6-8-23(16-25)29(31,32)33)41(39,40)26-13-11-20(3)12-14-26/h5-16,19,21H,17-18H2,1-4H3,(H,34,38)/t21-/m0/s1. The largest absolute Gasteiger partial charge is 0.416 e. The molecule has 0 spiro atoms. The van der Waals surface area contributed by atoms with Gasteiger partial charge in [-0.05, 0) is 75.7 Å². The lowest BCUT2D eigenvalue weighted by atomic mass is 10.1. The third-order valence-electron chi connectivity index (χ3n) is 6.19. The second-order valence-electron chi connectivity index (χ2n) is 9.86. The Morgan fingerprint density at radius 2 is 1.59 bits per heavy atom. The molecule has 0 unspecified atom stereocenters. The van der Waals surface area contributed by atoms with Crippen molar-refractivity contribution < 1.29 is 31.2 Å². The first-order valence-corrected chi connectivity index (χ1v) is 14.9. The van der Waals surface area contributed by atoms with Gasteiger partial charge in [-0.15, -0.1) is 0 Å². The van der Waals surface area contributed by atoms with Crippen LogP contribution < -0.4 is 9.62 Å². The number of nitrogens with zero attached hydrogens (tertiary/aromatic N) is 2. The van der Waals surface area contributed by atoms with Crippen LogP contribution in [0.3, 0.4) is 0 Å². The minimum Gasteiger partial charge on any atom is -0.352 e. The minimum absolute atomic E-state index is 0.0496. The summed E-state index contributed by atoms with van der Waals surface area (Å²) in [7, 11) is -4.50. The number of alkyl halides is 3. The van der Waals surface area contributed by atoms with Crippen molar-refractivity contribution in [2.45, 2.75) is 57.4 Å². The first-order chi connectivity index (χ1) is 19.1. The number of rotatable bonds is 10. The highest BCUT2D eigenvalue weighted by atomic mass is 79.9. The fraction of sp³-hybridized carbons (Fsp3) is 0.310. The quantitative estimate of drug-likeness (QED) is 0.295. The zero-order valence-corrected chi connectivity index (χ0v) is 25.3. The summed E-state index contributed by atoms with van der Waals surface area (Å²) < 4.78 is 69.7. The lowest BCUT2D eigenvalue weighted by Crippen LogP contribution is -2.52. The van der Waals surface area contributed by atoms with Crippen LogP contribution in [0, 0.1) is 6.92 Å². The molecule has 3 aromatic rings. The number of hydrogen-bond acceptors (Lipinski definition) is 4. The molecule has 0 fully saturated rings. The molecule has 12 heteroatoms. The Balaban J connectivity index is 2.10. The molecule has 41 heavy (non-hydrogen) atoms. The third-order valence-corrected chi connectivity index (χ3v) is 8.47. The van der Waals surface area contributed by atoms with Gasteiger partial charge < -0.3 is 10.2 Å². The maximum absolute atomic E-state index is 13.9. The smallest absolute Gasteiger partial charge is 0.352 e. The van der Waals surface area contributed by atoms with Crippen molar-refractivity contribution in [3.05, 3.63) is 94.0 Å². The molecule has 3 aromatic carbocycles. The molecule has 0 aliphatic rings. The molecule has 0 saturated heterocycles. The van der Waals surface area contributed by atoms with Gasteiger partial charge in [0, 0.05) is 17.1 Å². The highest BCUT2D eigenvalue weighted by Gasteiger charge is 2.35. The summed E-state index contributed by atoms with van der Waals surface area (Å²) in [5.41, 5.74) is 0.0254. The van der Waals surface area contributed by atoms with Gasteiger partial charge in [0.05, 0.1) is 16.1 Å². The van der Waals surface area contributed by atoms with Crippen LogP contribution in [-0.2, 0) is 32.3 Å². The van der Waals surface area contributed by atoms with E-state index in [0.29, 0.717) is 15.9 Å². The molecule has 2 amide bonds. The molecule has 1 atom stereocenters. The molecule has 0 radical (unpaired) electrons. The fourth-order valence-corrected chi connectivity index (χ4v) is 5.88. The van der Waals surface area contributed by atoms with Crippen LogP contribution >= 0.6 is 15.9 Å². The maximum Gasteiger partial charge on any atom is 0.416 e. The van der Waals surface area contributed by atoms with Gasteiger partial charge in [0.1, 0.15) is 12.6 Å². The van der Waals surface area contributed by atoms with Crippen molar-refractivity contribution in [3.8, 4) is 0 Å². The molecule has 0 aliphatic carbocycles. The Labute approximate surface area is 246 Å². The second-order valence-corrected chi connectivity index (χ2v) is 12.6. The Kier molecular flexibility index (Phi) is 10.2. The molecule has 1 N–H and O–H groups in total. The van der Waals surface area contributed by atoms with E-state index >= 15 is 0 Å². The average Bonchev–Trinajstić information content (AvgIpc) is 2.89. The van der Waals surface area contributed by atoms with Gasteiger partial charge >= 0.3 is 6.18 Å². The number of anilines is 1. The predicted octanol–water partition coefficient (Wildman–Crippen LogP) is 5.91. The van der Waals surface area contributed by atoms with Crippen LogP contribution in [0.2, 0.25) is 0 Å². The summed E-state index contributed by atoms with van der Waals surface area (Å²) in [5.74, 6) is -1.24. The van der Waals surface area contributed by atoms with Crippen molar-refractivity contribution in [2.75, 3.05) is 10.8 Å². The normalized spacial score (nSPS) is 12.6. The summed E-state index contributed by atoms with van der Waals surface area (Å²) in [5, 5.41) is 2.75. The Morgan fingerprint density at radius 3 is 2.17 bits per heavy atom. The van der Waals surface area contributed by atoms with Crippen molar-refractivity contribution in [1.82, 2.24) is 10.2 Å². The molecule has 0 aliphatic heterocycles. The lowest BCUT2D eigenvalue weighted by Gasteiger charge is -2.32. The number of aryl methyl sites for hydroxylation is 1. The Morgan fingerprint density at radius 1 is 0.951 bits per heavy atom. The van der Waals surface area contributed by atoms with E-state index in [2.05, 4.69) is 21.2 Å². The summed E-state index contributed by atoms with van der Waals surface area (Å²) >= 11 is 3.38. The first kappa shape index (κ1) is 32.1. The molecular weight excluding hydrogens is 623 g/mol. The number of benzene rings is 3. The number of halogens is 4. The van der Waals surface area contributed by atoms with Crippen LogP contribution in [-0.4, -0.2) is 43.8 Å². The van der Waals surface area contributed by atoms with Gasteiger partial charge in [-0.25, -0.2) is 8.42 Å². The number of hydrogen-bond donors (Lipinski definition) is 1. The number of sulfonamides is 1. The molecule has 220 valence electrons. The molecule has 0 heterocycles. The number of carbonyl (C=O) groups is 2. The third kappa shape index (κ3) is 8.32. The van der Waals surface area contributed by atoms with Gasteiger partial charge in [0.25, 0.3) is 10.0 Å². The van der Waals surface area contributed by atoms with E-state index in [-0.39, 0.29) is 23.2 Å². The van der Waals surface area contributed by atoms with E-state index in [1.807, 2.05) is 0 Å². The van der Waals surface area contributed by atoms with E-state index in [0.717, 1.165) is 22.2 Å². The van der Waals surface area contributed by atoms with E-state index in [1.165, 1.54) is 30.0 Å². The van der Waals surface area contributed by atoms with Gasteiger partial charge in [0.2, 0.25) is 11.8 Å². The Bertz CT molecular complexity index is 1500. The van der Waals surface area contributed by atoms with Crippen LogP contribution in [0.1, 0.15) is 37.5 Å². The van der Waals surface area contributed by atoms with Crippen LogP contribution in [0.15, 0.2) is 82.2 Å². The van der Waals surface area contributed by atoms with Crippen molar-refractivity contribution in [1.29, 1.82) is 0 Å². The molecule has 3 rings (SSSR count). The highest BCUT2D eigenvalue weighted by Crippen LogP contribution is 2.33. The van der Waals surface area contributed by atoms with Crippen LogP contribution in [0.5, 0.6) is 0 Å². The van der Waals surface area contributed by atoms with Gasteiger partial charge in [-0.3, -0.25) is 13.9 Å². The zero-order valence-electron chi connectivity index (χ0n) is 22.9. The zero-order chi connectivity index (χ0) is 30.5. The topological polar surface area (TPSA) is 86.8 Å². The van der Waals surface area contributed by atoms with Crippen molar-refractivity contribution >= 4 is 43.5 Å². The molecule has 0 saturated carbocycles. The van der Waals surface area contributed by atoms with Gasteiger partial charge in [-0.2, -0.15) is 13.2 Å². The lowest BCUT2D eigenvalue weighted by molar-refractivity contribution is -0.139. The van der Waals surface area contributed by atoms with Crippen molar-refractivity contribution in [2.24, 2.45) is 0 Å². The maximum atomic E-state index is 13.9. The van der Waals surface area contributed by atoms with E-state index in [9.17, 15) is 31.2 Å². The summed E-state index contributed by atoms with van der Waals surface area (Å²) in [6, 6.07) is 15.3. The minimum atomic E-state index is -4.74. The first-order valence-electron chi connectivity index (χ1n) is 12.7. The van der Waals surface area contributed by atoms with Gasteiger partial charge in [0.15, 0.2) is 0 Å². The van der Waals surface area contributed by atoms with Crippen LogP contribution in [0.4, 0.5) is 18.9 Å². The molecule has 0 aromatic heterocycles. The second kappa shape index (κ2) is 13.1. The summed E-state index contributed by atoms with van der Waals surface area (Å²) in [6.07, 6.45) is -4.74. The van der Waals surface area contributed by atoms with E-state index in [1.54, 1.807) is 57.2 Å². The highest BCUT2D eigenvalue weighted by molar-refractivity contribution is 9.10.